The summed E-state index contributed by atoms with van der Waals surface area (Å²) in [6.45, 7) is 2.62. The molecule has 0 bridgehead atoms. The minimum atomic E-state index is -0.0184. The summed E-state index contributed by atoms with van der Waals surface area (Å²) in [4.78, 5) is 18.2. The van der Waals surface area contributed by atoms with E-state index >= 15 is 0 Å². The topological polar surface area (TPSA) is 51.2 Å². The Kier molecular flexibility index (Phi) is 8.44. The molecule has 1 amide bonds. The van der Waals surface area contributed by atoms with E-state index in [0.29, 0.717) is 5.56 Å². The number of amides is 1. The van der Waals surface area contributed by atoms with Gasteiger partial charge in [0, 0.05) is 43.0 Å². The first kappa shape index (κ1) is 26.3. The Labute approximate surface area is 230 Å². The van der Waals surface area contributed by atoms with Crippen molar-refractivity contribution in [3.8, 4) is 23.0 Å². The predicted molar refractivity (Wildman–Crippen MR) is 154 cm³/mol. The van der Waals surface area contributed by atoms with Gasteiger partial charge in [0.25, 0.3) is 5.91 Å². The summed E-state index contributed by atoms with van der Waals surface area (Å²) in [6, 6.07) is 33.2. The number of methoxy groups -OCH3 is 2. The van der Waals surface area contributed by atoms with Gasteiger partial charge in [0.15, 0.2) is 0 Å². The number of anilines is 1. The van der Waals surface area contributed by atoms with Crippen molar-refractivity contribution in [2.45, 2.75) is 25.4 Å². The van der Waals surface area contributed by atoms with E-state index in [1.165, 1.54) is 5.56 Å². The minimum Gasteiger partial charge on any atom is -0.497 e. The Morgan fingerprint density at radius 1 is 0.744 bits per heavy atom. The van der Waals surface area contributed by atoms with E-state index in [0.717, 1.165) is 61.2 Å². The van der Waals surface area contributed by atoms with Gasteiger partial charge in [-0.25, -0.2) is 0 Å². The maximum Gasteiger partial charge on any atom is 0.258 e. The number of likely N-dealkylation sites (tertiary alicyclic amines) is 1. The second-order valence-electron chi connectivity index (χ2n) is 9.67. The lowest BCUT2D eigenvalue weighted by Crippen LogP contribution is -2.47. The van der Waals surface area contributed by atoms with Crippen LogP contribution < -0.4 is 19.1 Å². The summed E-state index contributed by atoms with van der Waals surface area (Å²) in [7, 11) is 3.27. The van der Waals surface area contributed by atoms with E-state index < -0.39 is 0 Å². The van der Waals surface area contributed by atoms with Crippen molar-refractivity contribution in [3.63, 3.8) is 0 Å². The average molecular weight is 523 g/mol. The number of nitrogens with zero attached hydrogens (tertiary/aromatic N) is 2. The third kappa shape index (κ3) is 6.59. The third-order valence-corrected chi connectivity index (χ3v) is 7.09. The molecular formula is C33H34N2O4. The molecule has 1 aliphatic rings. The van der Waals surface area contributed by atoms with Crippen LogP contribution in [-0.4, -0.2) is 44.2 Å². The molecule has 0 spiro atoms. The molecule has 1 saturated heterocycles. The molecule has 5 rings (SSSR count). The van der Waals surface area contributed by atoms with Gasteiger partial charge in [-0.3, -0.25) is 9.69 Å². The molecule has 1 heterocycles. The average Bonchev–Trinajstić information content (AvgIpc) is 2.99. The van der Waals surface area contributed by atoms with Crippen molar-refractivity contribution < 1.29 is 19.0 Å². The van der Waals surface area contributed by atoms with Crippen LogP contribution in [0.2, 0.25) is 0 Å². The summed E-state index contributed by atoms with van der Waals surface area (Å²) >= 11 is 0. The van der Waals surface area contributed by atoms with Crippen molar-refractivity contribution in [1.29, 1.82) is 0 Å². The molecule has 4 aromatic carbocycles. The lowest BCUT2D eigenvalue weighted by Gasteiger charge is -2.39. The Balaban J connectivity index is 1.28. The fourth-order valence-corrected chi connectivity index (χ4v) is 5.05. The second kappa shape index (κ2) is 12.5. The molecule has 200 valence electrons. The third-order valence-electron chi connectivity index (χ3n) is 7.09. The van der Waals surface area contributed by atoms with Crippen molar-refractivity contribution in [3.05, 3.63) is 114 Å². The van der Waals surface area contributed by atoms with E-state index in [-0.39, 0.29) is 11.9 Å². The van der Waals surface area contributed by atoms with E-state index in [1.54, 1.807) is 14.2 Å². The zero-order valence-electron chi connectivity index (χ0n) is 22.5. The minimum absolute atomic E-state index is 0.0184. The highest BCUT2D eigenvalue weighted by molar-refractivity contribution is 6.06. The number of piperidine rings is 1. The van der Waals surface area contributed by atoms with Crippen molar-refractivity contribution in [1.82, 2.24) is 4.90 Å². The molecule has 0 N–H and O–H groups in total. The van der Waals surface area contributed by atoms with Crippen LogP contribution in [0.25, 0.3) is 0 Å². The zero-order chi connectivity index (χ0) is 27.0. The Morgan fingerprint density at radius 2 is 1.41 bits per heavy atom. The molecule has 0 atom stereocenters. The van der Waals surface area contributed by atoms with E-state index in [4.69, 9.17) is 14.2 Å². The van der Waals surface area contributed by atoms with Gasteiger partial charge in [0.1, 0.15) is 23.0 Å². The monoisotopic (exact) mass is 522 g/mol. The molecular weight excluding hydrogens is 488 g/mol. The van der Waals surface area contributed by atoms with Gasteiger partial charge in [0.2, 0.25) is 0 Å². The Hall–Kier alpha value is -4.29. The largest absolute Gasteiger partial charge is 0.497 e. The fourth-order valence-electron chi connectivity index (χ4n) is 5.05. The summed E-state index contributed by atoms with van der Waals surface area (Å²) < 4.78 is 16.8. The number of hydrogen-bond acceptors (Lipinski definition) is 5. The zero-order valence-corrected chi connectivity index (χ0v) is 22.5. The molecule has 6 heteroatoms. The van der Waals surface area contributed by atoms with Gasteiger partial charge in [-0.05, 0) is 79.1 Å². The second-order valence-corrected chi connectivity index (χ2v) is 9.67. The molecule has 4 aromatic rings. The van der Waals surface area contributed by atoms with Gasteiger partial charge in [0.05, 0.1) is 14.2 Å². The van der Waals surface area contributed by atoms with E-state index in [9.17, 15) is 4.79 Å². The van der Waals surface area contributed by atoms with Crippen molar-refractivity contribution >= 4 is 11.6 Å². The summed E-state index contributed by atoms with van der Waals surface area (Å²) in [5.74, 6) is 3.11. The molecule has 1 aliphatic heterocycles. The maximum atomic E-state index is 13.8. The fraction of sp³-hybridized carbons (Fsp3) is 0.242. The van der Waals surface area contributed by atoms with Crippen LogP contribution in [-0.2, 0) is 6.54 Å². The van der Waals surface area contributed by atoms with Crippen LogP contribution >= 0.6 is 0 Å². The maximum absolute atomic E-state index is 13.8. The Morgan fingerprint density at radius 3 is 2.13 bits per heavy atom. The van der Waals surface area contributed by atoms with Crippen molar-refractivity contribution in [2.75, 3.05) is 32.2 Å². The molecule has 0 aliphatic carbocycles. The molecule has 0 saturated carbocycles. The molecule has 6 nitrogen and oxygen atoms in total. The van der Waals surface area contributed by atoms with Crippen LogP contribution in [0.1, 0.15) is 28.8 Å². The highest BCUT2D eigenvalue weighted by Crippen LogP contribution is 2.30. The Bertz CT molecular complexity index is 1370. The normalized spacial score (nSPS) is 14.0. The first-order valence-corrected chi connectivity index (χ1v) is 13.3. The quantitative estimate of drug-likeness (QED) is 0.242. The van der Waals surface area contributed by atoms with Crippen LogP contribution in [0.15, 0.2) is 103 Å². The lowest BCUT2D eigenvalue weighted by molar-refractivity contribution is 0.0958. The first-order valence-electron chi connectivity index (χ1n) is 13.3. The van der Waals surface area contributed by atoms with Crippen LogP contribution in [0.4, 0.5) is 5.69 Å². The van der Waals surface area contributed by atoms with Gasteiger partial charge in [-0.1, -0.05) is 36.4 Å². The number of hydrogen-bond donors (Lipinski definition) is 0. The lowest BCUT2D eigenvalue weighted by atomic mass is 10.00. The van der Waals surface area contributed by atoms with Gasteiger partial charge >= 0.3 is 0 Å². The summed E-state index contributed by atoms with van der Waals surface area (Å²) in [5.41, 5.74) is 2.69. The summed E-state index contributed by atoms with van der Waals surface area (Å²) in [5, 5.41) is 0. The smallest absolute Gasteiger partial charge is 0.258 e. The molecule has 39 heavy (non-hydrogen) atoms. The molecule has 0 aromatic heterocycles. The number of carbonyl (C=O) groups excluding carboxylic acids is 1. The van der Waals surface area contributed by atoms with E-state index in [2.05, 4.69) is 17.0 Å². The van der Waals surface area contributed by atoms with Crippen LogP contribution in [0, 0.1) is 0 Å². The SMILES string of the molecule is COc1ccc(C(=O)N(c2cccc(OC)c2)C2CCN(Cc3cccc(Oc4ccccc4)c3)CC2)cc1. The molecule has 0 unspecified atom stereocenters. The first-order chi connectivity index (χ1) is 19.1. The van der Waals surface area contributed by atoms with Crippen molar-refractivity contribution in [2.24, 2.45) is 0 Å². The molecule has 0 radical (unpaired) electrons. The standard InChI is InChI=1S/C33H34N2O4/c1-37-29-16-14-26(15-17-29)33(36)35(28-9-7-12-31(23-28)38-2)27-18-20-34(21-19-27)24-25-8-6-13-32(22-25)39-30-10-4-3-5-11-30/h3-17,22-23,27H,18-21,24H2,1-2H3. The number of rotatable bonds is 9. The number of benzene rings is 4. The van der Waals surface area contributed by atoms with Crippen LogP contribution in [0.3, 0.4) is 0 Å². The number of ether oxygens (including phenoxy) is 3. The van der Waals surface area contributed by atoms with Gasteiger partial charge in [-0.15, -0.1) is 0 Å². The van der Waals surface area contributed by atoms with Gasteiger partial charge < -0.3 is 19.1 Å². The highest BCUT2D eigenvalue weighted by atomic mass is 16.5. The van der Waals surface area contributed by atoms with Crippen LogP contribution in [0.5, 0.6) is 23.0 Å². The highest BCUT2D eigenvalue weighted by Gasteiger charge is 2.30. The summed E-state index contributed by atoms with van der Waals surface area (Å²) in [6.07, 6.45) is 1.75. The number of carbonyl (C=O) groups is 1. The molecule has 1 fully saturated rings. The predicted octanol–water partition coefficient (Wildman–Crippen LogP) is 6.81. The number of para-hydroxylation sites is 1. The van der Waals surface area contributed by atoms with Gasteiger partial charge in [-0.2, -0.15) is 0 Å². The van der Waals surface area contributed by atoms with E-state index in [1.807, 2.05) is 95.9 Å².